The lowest BCUT2D eigenvalue weighted by Crippen LogP contribution is -2.17. The van der Waals surface area contributed by atoms with Crippen LogP contribution < -0.4 is 5.32 Å². The summed E-state index contributed by atoms with van der Waals surface area (Å²) in [5, 5.41) is 14.0. The van der Waals surface area contributed by atoms with E-state index in [0.29, 0.717) is 11.9 Å². The molecule has 0 fully saturated rings. The lowest BCUT2D eigenvalue weighted by Gasteiger charge is -2.14. The van der Waals surface area contributed by atoms with Crippen molar-refractivity contribution >= 4 is 28.2 Å². The van der Waals surface area contributed by atoms with E-state index in [0.717, 1.165) is 28.7 Å². The standard InChI is InChI=1S/C13H16ClN3/c1-9(7-8-14)15-13-12-6-4-3-5-11(12)10(2)16-17-13/h3-6,9H,7-8H2,1-2H3,(H,15,17). The quantitative estimate of drug-likeness (QED) is 0.845. The first-order chi connectivity index (χ1) is 8.22. The van der Waals surface area contributed by atoms with Gasteiger partial charge >= 0.3 is 0 Å². The van der Waals surface area contributed by atoms with Crippen molar-refractivity contribution in [1.82, 2.24) is 10.2 Å². The van der Waals surface area contributed by atoms with Crippen LogP contribution in [0.5, 0.6) is 0 Å². The topological polar surface area (TPSA) is 37.8 Å². The number of hydrogen-bond donors (Lipinski definition) is 1. The van der Waals surface area contributed by atoms with E-state index in [1.165, 1.54) is 0 Å². The summed E-state index contributed by atoms with van der Waals surface area (Å²) in [7, 11) is 0. The van der Waals surface area contributed by atoms with Crippen molar-refractivity contribution in [2.75, 3.05) is 11.2 Å². The lowest BCUT2D eigenvalue weighted by molar-refractivity contribution is 0.760. The Kier molecular flexibility index (Phi) is 3.79. The Labute approximate surface area is 106 Å². The summed E-state index contributed by atoms with van der Waals surface area (Å²) in [4.78, 5) is 0. The SMILES string of the molecule is Cc1nnc(NC(C)CCCl)c2ccccc12. The zero-order valence-corrected chi connectivity index (χ0v) is 10.8. The second-order valence-electron chi connectivity index (χ2n) is 4.20. The highest BCUT2D eigenvalue weighted by atomic mass is 35.5. The first-order valence-electron chi connectivity index (χ1n) is 5.77. The summed E-state index contributed by atoms with van der Waals surface area (Å²) in [5.74, 6) is 1.48. The van der Waals surface area contributed by atoms with Crippen LogP contribution in [0.2, 0.25) is 0 Å². The monoisotopic (exact) mass is 249 g/mol. The minimum Gasteiger partial charge on any atom is -0.366 e. The first kappa shape index (κ1) is 12.1. The van der Waals surface area contributed by atoms with Gasteiger partial charge in [-0.1, -0.05) is 24.3 Å². The van der Waals surface area contributed by atoms with Crippen LogP contribution in [0.25, 0.3) is 10.8 Å². The van der Waals surface area contributed by atoms with Gasteiger partial charge in [0.05, 0.1) is 5.69 Å². The molecule has 0 aliphatic heterocycles. The zero-order chi connectivity index (χ0) is 12.3. The molecule has 3 nitrogen and oxygen atoms in total. The third-order valence-corrected chi connectivity index (χ3v) is 3.02. The van der Waals surface area contributed by atoms with E-state index in [9.17, 15) is 0 Å². The molecular formula is C13H16ClN3. The average molecular weight is 250 g/mol. The number of benzene rings is 1. The van der Waals surface area contributed by atoms with Gasteiger partial charge in [0, 0.05) is 22.7 Å². The molecule has 0 aliphatic rings. The van der Waals surface area contributed by atoms with Crippen LogP contribution in [0.1, 0.15) is 19.0 Å². The molecule has 1 heterocycles. The fourth-order valence-electron chi connectivity index (χ4n) is 1.81. The van der Waals surface area contributed by atoms with Gasteiger partial charge in [-0.25, -0.2) is 0 Å². The van der Waals surface area contributed by atoms with Crippen LogP contribution in [0.3, 0.4) is 0 Å². The van der Waals surface area contributed by atoms with Crippen LogP contribution in [0, 0.1) is 6.92 Å². The molecule has 0 saturated heterocycles. The van der Waals surface area contributed by atoms with Crippen molar-refractivity contribution in [3.63, 3.8) is 0 Å². The summed E-state index contributed by atoms with van der Waals surface area (Å²) in [5.41, 5.74) is 0.955. The molecule has 4 heteroatoms. The predicted octanol–water partition coefficient (Wildman–Crippen LogP) is 3.37. The van der Waals surface area contributed by atoms with E-state index in [-0.39, 0.29) is 0 Å². The molecule has 0 radical (unpaired) electrons. The third kappa shape index (κ3) is 2.67. The van der Waals surface area contributed by atoms with E-state index in [1.807, 2.05) is 19.1 Å². The Balaban J connectivity index is 2.38. The maximum Gasteiger partial charge on any atom is 0.156 e. The van der Waals surface area contributed by atoms with Gasteiger partial charge in [0.1, 0.15) is 0 Å². The maximum atomic E-state index is 5.73. The fraction of sp³-hybridized carbons (Fsp3) is 0.385. The normalized spacial score (nSPS) is 12.6. The van der Waals surface area contributed by atoms with Crippen molar-refractivity contribution in [1.29, 1.82) is 0 Å². The highest BCUT2D eigenvalue weighted by Crippen LogP contribution is 2.22. The third-order valence-electron chi connectivity index (χ3n) is 2.80. The summed E-state index contributed by atoms with van der Waals surface area (Å²) >= 11 is 5.73. The number of hydrogen-bond acceptors (Lipinski definition) is 3. The highest BCUT2D eigenvalue weighted by Gasteiger charge is 2.08. The Morgan fingerprint density at radius 1 is 1.24 bits per heavy atom. The Bertz CT molecular complexity index is 513. The molecule has 0 bridgehead atoms. The van der Waals surface area contributed by atoms with Gasteiger partial charge in [0.25, 0.3) is 0 Å². The number of fused-ring (bicyclic) bond motifs is 1. The molecule has 0 spiro atoms. The average Bonchev–Trinajstić information content (AvgIpc) is 2.34. The predicted molar refractivity (Wildman–Crippen MR) is 72.7 cm³/mol. The van der Waals surface area contributed by atoms with E-state index >= 15 is 0 Å². The van der Waals surface area contributed by atoms with Crippen molar-refractivity contribution < 1.29 is 0 Å². The second kappa shape index (κ2) is 5.32. The van der Waals surface area contributed by atoms with Crippen molar-refractivity contribution in [3.8, 4) is 0 Å². The maximum absolute atomic E-state index is 5.73. The first-order valence-corrected chi connectivity index (χ1v) is 6.30. The van der Waals surface area contributed by atoms with Gasteiger partial charge in [-0.3, -0.25) is 0 Å². The van der Waals surface area contributed by atoms with Gasteiger partial charge in [-0.05, 0) is 20.3 Å². The van der Waals surface area contributed by atoms with Crippen molar-refractivity contribution in [2.24, 2.45) is 0 Å². The summed E-state index contributed by atoms with van der Waals surface area (Å²) < 4.78 is 0. The zero-order valence-electron chi connectivity index (χ0n) is 10.1. The minimum absolute atomic E-state index is 0.299. The largest absolute Gasteiger partial charge is 0.366 e. The van der Waals surface area contributed by atoms with E-state index in [1.54, 1.807) is 0 Å². The molecule has 1 aromatic carbocycles. The van der Waals surface area contributed by atoms with Crippen LogP contribution in [-0.4, -0.2) is 22.1 Å². The van der Waals surface area contributed by atoms with Crippen molar-refractivity contribution in [3.05, 3.63) is 30.0 Å². The van der Waals surface area contributed by atoms with Gasteiger partial charge in [0.15, 0.2) is 5.82 Å². The van der Waals surface area contributed by atoms with Gasteiger partial charge in [-0.2, -0.15) is 5.10 Å². The van der Waals surface area contributed by atoms with E-state index in [2.05, 4.69) is 34.6 Å². The fourth-order valence-corrected chi connectivity index (χ4v) is 2.14. The Hall–Kier alpha value is -1.35. The molecule has 1 N–H and O–H groups in total. The molecular weight excluding hydrogens is 234 g/mol. The molecule has 0 amide bonds. The summed E-state index contributed by atoms with van der Waals surface area (Å²) in [6.07, 6.45) is 0.908. The number of halogens is 1. The van der Waals surface area contributed by atoms with Crippen LogP contribution >= 0.6 is 11.6 Å². The molecule has 0 aliphatic carbocycles. The van der Waals surface area contributed by atoms with Crippen molar-refractivity contribution in [2.45, 2.75) is 26.3 Å². The van der Waals surface area contributed by atoms with E-state index in [4.69, 9.17) is 11.6 Å². The Morgan fingerprint density at radius 3 is 2.65 bits per heavy atom. The number of aryl methyl sites for hydroxylation is 1. The number of aromatic nitrogens is 2. The molecule has 2 rings (SSSR count). The van der Waals surface area contributed by atoms with Gasteiger partial charge in [0.2, 0.25) is 0 Å². The minimum atomic E-state index is 0.299. The number of nitrogens with zero attached hydrogens (tertiary/aromatic N) is 2. The molecule has 90 valence electrons. The van der Waals surface area contributed by atoms with Crippen LogP contribution in [0.15, 0.2) is 24.3 Å². The molecule has 17 heavy (non-hydrogen) atoms. The number of alkyl halides is 1. The number of nitrogens with one attached hydrogen (secondary N) is 1. The van der Waals surface area contributed by atoms with Gasteiger partial charge < -0.3 is 5.32 Å². The lowest BCUT2D eigenvalue weighted by atomic mass is 10.1. The van der Waals surface area contributed by atoms with Crippen LogP contribution in [0.4, 0.5) is 5.82 Å². The number of anilines is 1. The smallest absolute Gasteiger partial charge is 0.156 e. The summed E-state index contributed by atoms with van der Waals surface area (Å²) in [6.45, 7) is 4.07. The molecule has 1 unspecified atom stereocenters. The Morgan fingerprint density at radius 2 is 1.94 bits per heavy atom. The van der Waals surface area contributed by atoms with Gasteiger partial charge in [-0.15, -0.1) is 16.7 Å². The molecule has 0 saturated carbocycles. The molecule has 1 aromatic heterocycles. The molecule has 2 aromatic rings. The number of rotatable bonds is 4. The van der Waals surface area contributed by atoms with Crippen LogP contribution in [-0.2, 0) is 0 Å². The summed E-state index contributed by atoms with van der Waals surface area (Å²) in [6, 6.07) is 8.46. The second-order valence-corrected chi connectivity index (χ2v) is 4.58. The highest BCUT2D eigenvalue weighted by molar-refractivity contribution is 6.17. The molecule has 1 atom stereocenters. The van der Waals surface area contributed by atoms with E-state index < -0.39 is 0 Å².